The normalized spacial score (nSPS) is 35.2. The first-order chi connectivity index (χ1) is 18.8. The number of nitrogens with zero attached hydrogens (tertiary/aromatic N) is 3. The predicted octanol–water partition coefficient (Wildman–Crippen LogP) is 0.186. The van der Waals surface area contributed by atoms with Crippen LogP contribution in [0.2, 0.25) is 0 Å². The molecule has 0 aliphatic heterocycles. The van der Waals surface area contributed by atoms with Crippen LogP contribution in [0.4, 0.5) is 4.39 Å². The highest BCUT2D eigenvalue weighted by atomic mass is 19.1. The number of primary amides is 1. The monoisotopic (exact) mass is 529 g/mol. The minimum Gasteiger partial charge on any atom is -0.408 e. The lowest BCUT2D eigenvalue weighted by atomic mass is 8.92. The van der Waals surface area contributed by atoms with E-state index in [1.807, 2.05) is 0 Å². The average Bonchev–Trinajstić information content (AvgIpc) is 3.50. The fraction of sp³-hybridized carbons (Fsp3) is 0.385. The molecule has 0 unspecified atom stereocenters. The Morgan fingerprint density at radius 1 is 1.08 bits per heavy atom. The number of fused-ring (bicyclic) bond motifs is 2. The molecule has 39 heavy (non-hydrogen) atoms. The number of nitrogens with two attached hydrogens (primary N) is 1. The Morgan fingerprint density at radius 3 is 2.54 bits per heavy atom. The third kappa shape index (κ3) is 2.07. The molecule has 3 heterocycles. The number of rotatable bonds is 7. The number of carbonyl (C=O) groups excluding carboxylic acids is 3. The Morgan fingerprint density at radius 2 is 1.82 bits per heavy atom. The summed E-state index contributed by atoms with van der Waals surface area (Å²) in [6, 6.07) is 6.27. The maximum Gasteiger partial charge on any atom is 0.417 e. The summed E-state index contributed by atoms with van der Waals surface area (Å²) in [5, 5.41) is 9.64. The van der Waals surface area contributed by atoms with Gasteiger partial charge in [-0.15, -0.1) is 0 Å². The molecule has 3 aromatic heterocycles. The van der Waals surface area contributed by atoms with Gasteiger partial charge in [0.25, 0.3) is 11.8 Å². The van der Waals surface area contributed by atoms with Gasteiger partial charge in [0.2, 0.25) is 5.91 Å². The number of aromatic nitrogens is 4. The van der Waals surface area contributed by atoms with Crippen molar-refractivity contribution < 1.29 is 23.2 Å². The maximum absolute atomic E-state index is 14.5. The molecule has 3 amide bonds. The van der Waals surface area contributed by atoms with Gasteiger partial charge in [0.1, 0.15) is 11.4 Å². The molecular formula is C26H20FN7O5. The lowest BCUT2D eigenvalue weighted by Gasteiger charge is -3.10. The molecule has 6 aliphatic carbocycles. The second-order valence-electron chi connectivity index (χ2n) is 11.5. The van der Waals surface area contributed by atoms with Gasteiger partial charge in [-0.25, -0.2) is 18.7 Å². The summed E-state index contributed by atoms with van der Waals surface area (Å²) in [6.45, 7) is 0.568. The summed E-state index contributed by atoms with van der Waals surface area (Å²) in [4.78, 5) is 56.3. The van der Waals surface area contributed by atoms with Crippen LogP contribution in [0.25, 0.3) is 16.7 Å². The summed E-state index contributed by atoms with van der Waals surface area (Å²) in [7, 11) is 0. The Labute approximate surface area is 217 Å². The summed E-state index contributed by atoms with van der Waals surface area (Å²) >= 11 is 0. The van der Waals surface area contributed by atoms with E-state index in [-0.39, 0.29) is 40.3 Å². The first kappa shape index (κ1) is 21.4. The maximum atomic E-state index is 14.5. The Kier molecular flexibility index (Phi) is 3.49. The molecule has 12 nitrogen and oxygen atoms in total. The molecule has 0 radical (unpaired) electrons. The first-order valence-electron chi connectivity index (χ1n) is 12.8. The van der Waals surface area contributed by atoms with Crippen molar-refractivity contribution in [2.45, 2.75) is 6.54 Å². The number of hydrogen-bond donors (Lipinski definition) is 4. The molecular weight excluding hydrogens is 509 g/mol. The number of nitrogens with one attached hydrogen (secondary N) is 3. The van der Waals surface area contributed by atoms with E-state index in [9.17, 15) is 23.6 Å². The van der Waals surface area contributed by atoms with E-state index in [2.05, 4.69) is 25.7 Å². The van der Waals surface area contributed by atoms with Crippen molar-refractivity contribution in [1.29, 1.82) is 0 Å². The quantitative estimate of drug-likeness (QED) is 0.264. The summed E-state index contributed by atoms with van der Waals surface area (Å²) < 4.78 is 20.5. The van der Waals surface area contributed by atoms with Gasteiger partial charge in [0.05, 0.1) is 17.1 Å². The molecule has 0 atom stereocenters. The van der Waals surface area contributed by atoms with Crippen LogP contribution in [0.5, 0.6) is 0 Å². The minimum absolute atomic E-state index is 0.00281. The second-order valence-corrected chi connectivity index (χ2v) is 11.5. The zero-order chi connectivity index (χ0) is 26.6. The summed E-state index contributed by atoms with van der Waals surface area (Å²) in [5.41, 5.74) is 6.70. The van der Waals surface area contributed by atoms with Crippen molar-refractivity contribution in [2.75, 3.05) is 6.54 Å². The van der Waals surface area contributed by atoms with E-state index in [0.717, 1.165) is 10.7 Å². The number of aromatic amines is 1. The molecule has 6 aliphatic rings. The number of amides is 3. The number of H-pyrrole nitrogens is 1. The molecule has 0 saturated heterocycles. The highest BCUT2D eigenvalue weighted by Gasteiger charge is 3.10. The van der Waals surface area contributed by atoms with Crippen LogP contribution in [-0.2, 0) is 11.3 Å². The average molecular weight is 529 g/mol. The van der Waals surface area contributed by atoms with Crippen molar-refractivity contribution in [3.05, 3.63) is 63.8 Å². The van der Waals surface area contributed by atoms with Gasteiger partial charge in [0.15, 0.2) is 17.0 Å². The smallest absolute Gasteiger partial charge is 0.408 e. The molecule has 13 heteroatoms. The molecule has 4 aromatic rings. The minimum atomic E-state index is -0.758. The third-order valence-corrected chi connectivity index (χ3v) is 10.7. The van der Waals surface area contributed by atoms with Gasteiger partial charge in [-0.3, -0.25) is 19.4 Å². The highest BCUT2D eigenvalue weighted by Crippen LogP contribution is 3.10. The van der Waals surface area contributed by atoms with Gasteiger partial charge in [-0.2, -0.15) is 5.10 Å². The van der Waals surface area contributed by atoms with Crippen molar-refractivity contribution in [2.24, 2.45) is 52.1 Å². The summed E-state index contributed by atoms with van der Waals surface area (Å²) in [5.74, 6) is -0.0957. The van der Waals surface area contributed by atoms with E-state index in [1.165, 1.54) is 6.07 Å². The van der Waals surface area contributed by atoms with Crippen LogP contribution in [-0.4, -0.2) is 43.8 Å². The highest BCUT2D eigenvalue weighted by molar-refractivity contribution is 5.98. The van der Waals surface area contributed by atoms with Crippen molar-refractivity contribution >= 4 is 34.5 Å². The molecule has 0 bridgehead atoms. The van der Waals surface area contributed by atoms with Crippen LogP contribution in [0.15, 0.2) is 39.7 Å². The lowest BCUT2D eigenvalue weighted by Crippen LogP contribution is -3.12. The molecule has 5 N–H and O–H groups in total. The second kappa shape index (κ2) is 6.35. The van der Waals surface area contributed by atoms with Crippen LogP contribution in [0.3, 0.4) is 0 Å². The van der Waals surface area contributed by atoms with Crippen molar-refractivity contribution in [3.63, 3.8) is 0 Å². The molecule has 10 rings (SSSR count). The SMILES string of the molecule is NC(=O)C12C3C4C1C1C2C3C41CNC(=O)c1cc(C(=O)NCc2ccc3oc(=O)[nH]c3c2)nc2c(F)cnn12. The molecule has 196 valence electrons. The van der Waals surface area contributed by atoms with Crippen LogP contribution < -0.4 is 22.1 Å². The van der Waals surface area contributed by atoms with Crippen molar-refractivity contribution in [3.8, 4) is 0 Å². The van der Waals surface area contributed by atoms with E-state index in [0.29, 0.717) is 58.7 Å². The van der Waals surface area contributed by atoms with Crippen LogP contribution in [0.1, 0.15) is 26.5 Å². The number of benzene rings is 1. The first-order valence-corrected chi connectivity index (χ1v) is 12.8. The lowest BCUT2D eigenvalue weighted by molar-refractivity contribution is -0.638. The fourth-order valence-electron chi connectivity index (χ4n) is 9.52. The van der Waals surface area contributed by atoms with Gasteiger partial charge in [0, 0.05) is 19.2 Å². The molecule has 1 aromatic carbocycles. The standard InChI is InChI=1S/C26H20FN7O5/c27-9-6-31-34-12(22(36)30-7-25-14-17-15(25)19-16(25)18(14)26(17,19)23(28)37)4-11(32-20(9)34)21(35)29-5-8-1-2-13-10(3-8)33-24(38)39-13/h1-4,6,14-19H,5,7H2,(H2,28,37)(H,29,35)(H,30,36)(H,33,38). The Balaban J connectivity index is 0.939. The fourth-order valence-corrected chi connectivity index (χ4v) is 9.52. The van der Waals surface area contributed by atoms with Gasteiger partial charge in [-0.05, 0) is 58.6 Å². The van der Waals surface area contributed by atoms with E-state index in [1.54, 1.807) is 18.2 Å². The summed E-state index contributed by atoms with van der Waals surface area (Å²) in [6.07, 6.45) is 0.948. The van der Waals surface area contributed by atoms with Gasteiger partial charge >= 0.3 is 5.76 Å². The van der Waals surface area contributed by atoms with E-state index in [4.69, 9.17) is 10.2 Å². The third-order valence-electron chi connectivity index (χ3n) is 10.7. The molecule has 0 spiro atoms. The van der Waals surface area contributed by atoms with Gasteiger partial charge < -0.3 is 20.8 Å². The number of carbonyl (C=O) groups is 3. The molecule has 6 fully saturated rings. The van der Waals surface area contributed by atoms with Crippen LogP contribution in [0, 0.1) is 52.2 Å². The number of halogens is 1. The number of oxazole rings is 1. The van der Waals surface area contributed by atoms with Crippen LogP contribution >= 0.6 is 0 Å². The topological polar surface area (TPSA) is 177 Å². The Bertz CT molecular complexity index is 1850. The van der Waals surface area contributed by atoms with Gasteiger partial charge in [-0.1, -0.05) is 6.07 Å². The predicted molar refractivity (Wildman–Crippen MR) is 128 cm³/mol. The van der Waals surface area contributed by atoms with E-state index < -0.39 is 23.4 Å². The zero-order valence-corrected chi connectivity index (χ0v) is 20.1. The Hall–Kier alpha value is -4.55. The largest absolute Gasteiger partial charge is 0.417 e. The van der Waals surface area contributed by atoms with Crippen molar-refractivity contribution in [1.82, 2.24) is 30.2 Å². The van der Waals surface area contributed by atoms with E-state index >= 15 is 0 Å². The number of hydrogen-bond acceptors (Lipinski definition) is 7. The molecule has 6 saturated carbocycles. The zero-order valence-electron chi connectivity index (χ0n) is 20.1.